The first-order chi connectivity index (χ1) is 14.3. The van der Waals surface area contributed by atoms with E-state index in [4.69, 9.17) is 19.1 Å². The van der Waals surface area contributed by atoms with Gasteiger partial charge in [0.25, 0.3) is 12.4 Å². The van der Waals surface area contributed by atoms with Crippen LogP contribution in [0.25, 0.3) is 11.0 Å². The molecule has 2 fully saturated rings. The topological polar surface area (TPSA) is 100 Å². The molecule has 0 saturated carbocycles. The largest absolute Gasteiger partial charge is 0.483 e. The lowest BCUT2D eigenvalue weighted by atomic mass is 9.76. The maximum absolute atomic E-state index is 13.1. The molecule has 4 rings (SSSR count). The Hall–Kier alpha value is -2.87. The summed E-state index contributed by atoms with van der Waals surface area (Å²) in [7, 11) is 3.97. The van der Waals surface area contributed by atoms with Crippen LogP contribution in [0.15, 0.2) is 28.7 Å². The fourth-order valence-electron chi connectivity index (χ4n) is 4.42. The standard InChI is InChI=1S/C21H26N2O4.CH2O2/c1-14-11-15-5-4-6-17(18(15)26-14)19(24)23-9-7-21(8-10-23)12-16(13-22(2)3)27-20(21)25;2-1-3/h4-6,11,16H,7-10,12-13H2,1-3H3;1H,(H,2,3). The SMILES string of the molecule is Cc1cc2cccc(C(=O)N3CCC4(CC3)CC(CN(C)C)OC4=O)c2o1.O=CO. The number of hydrogen-bond donors (Lipinski definition) is 1. The molecule has 3 heterocycles. The van der Waals surface area contributed by atoms with E-state index in [0.717, 1.165) is 24.1 Å². The monoisotopic (exact) mass is 416 g/mol. The third-order valence-electron chi connectivity index (χ3n) is 5.80. The summed E-state index contributed by atoms with van der Waals surface area (Å²) in [4.78, 5) is 37.8. The van der Waals surface area contributed by atoms with Gasteiger partial charge < -0.3 is 24.1 Å². The van der Waals surface area contributed by atoms with Gasteiger partial charge in [0.05, 0.1) is 11.0 Å². The number of carboxylic acid groups (broad SMARTS) is 1. The molecule has 2 aliphatic heterocycles. The fraction of sp³-hybridized carbons (Fsp3) is 0.500. The quantitative estimate of drug-likeness (QED) is 0.606. The number of carbonyl (C=O) groups excluding carboxylic acids is 2. The number of esters is 1. The Morgan fingerprint density at radius 1 is 1.33 bits per heavy atom. The van der Waals surface area contributed by atoms with Crippen LogP contribution in [0.2, 0.25) is 0 Å². The van der Waals surface area contributed by atoms with Gasteiger partial charge in [-0.3, -0.25) is 14.4 Å². The van der Waals surface area contributed by atoms with Crippen molar-refractivity contribution in [3.05, 3.63) is 35.6 Å². The van der Waals surface area contributed by atoms with Gasteiger partial charge in [0.2, 0.25) is 0 Å². The van der Waals surface area contributed by atoms with E-state index in [9.17, 15) is 9.59 Å². The third-order valence-corrected chi connectivity index (χ3v) is 5.80. The fourth-order valence-corrected chi connectivity index (χ4v) is 4.42. The van der Waals surface area contributed by atoms with Gasteiger partial charge in [-0.05, 0) is 46.0 Å². The number of hydrogen-bond acceptors (Lipinski definition) is 6. The van der Waals surface area contributed by atoms with Crippen molar-refractivity contribution in [1.29, 1.82) is 0 Å². The number of piperidine rings is 1. The molecule has 30 heavy (non-hydrogen) atoms. The Balaban J connectivity index is 0.000000806. The van der Waals surface area contributed by atoms with Gasteiger partial charge in [-0.1, -0.05) is 12.1 Å². The first kappa shape index (κ1) is 21.8. The lowest BCUT2D eigenvalue weighted by Crippen LogP contribution is -2.45. The molecule has 0 bridgehead atoms. The predicted molar refractivity (Wildman–Crippen MR) is 110 cm³/mol. The lowest BCUT2D eigenvalue weighted by Gasteiger charge is -2.36. The summed E-state index contributed by atoms with van der Waals surface area (Å²) in [5, 5.41) is 7.83. The molecule has 162 valence electrons. The summed E-state index contributed by atoms with van der Waals surface area (Å²) < 4.78 is 11.4. The lowest BCUT2D eigenvalue weighted by molar-refractivity contribution is -0.150. The average molecular weight is 416 g/mol. The number of likely N-dealkylation sites (tertiary alicyclic amines) is 1. The van der Waals surface area contributed by atoms with Crippen molar-refractivity contribution in [1.82, 2.24) is 9.80 Å². The zero-order valence-electron chi connectivity index (χ0n) is 17.6. The van der Waals surface area contributed by atoms with Crippen LogP contribution in [0, 0.1) is 12.3 Å². The highest BCUT2D eigenvalue weighted by atomic mass is 16.6. The van der Waals surface area contributed by atoms with Crippen molar-refractivity contribution in [2.45, 2.75) is 32.3 Å². The minimum atomic E-state index is -0.426. The van der Waals surface area contributed by atoms with Crippen LogP contribution < -0.4 is 0 Å². The second-order valence-corrected chi connectivity index (χ2v) is 8.25. The Morgan fingerprint density at radius 2 is 2.00 bits per heavy atom. The smallest absolute Gasteiger partial charge is 0.312 e. The normalized spacial score (nSPS) is 20.2. The van der Waals surface area contributed by atoms with E-state index in [1.54, 1.807) is 0 Å². The van der Waals surface area contributed by atoms with E-state index in [0.29, 0.717) is 37.1 Å². The highest BCUT2D eigenvalue weighted by Gasteiger charge is 2.50. The number of aryl methyl sites for hydroxylation is 1. The number of rotatable bonds is 3. The van der Waals surface area contributed by atoms with Crippen molar-refractivity contribution in [3.63, 3.8) is 0 Å². The number of furan rings is 1. The average Bonchev–Trinajstić information content (AvgIpc) is 3.20. The molecular weight excluding hydrogens is 388 g/mol. The number of cyclic esters (lactones) is 1. The zero-order valence-corrected chi connectivity index (χ0v) is 17.6. The van der Waals surface area contributed by atoms with Crippen LogP contribution in [0.1, 0.15) is 35.4 Å². The van der Waals surface area contributed by atoms with Gasteiger partial charge in [0, 0.05) is 31.4 Å². The maximum atomic E-state index is 13.1. The van der Waals surface area contributed by atoms with E-state index in [1.165, 1.54) is 0 Å². The molecule has 2 aromatic rings. The summed E-state index contributed by atoms with van der Waals surface area (Å²) in [5.41, 5.74) is 0.813. The summed E-state index contributed by atoms with van der Waals surface area (Å²) in [6.45, 7) is 3.52. The number of ether oxygens (including phenoxy) is 1. The summed E-state index contributed by atoms with van der Waals surface area (Å²) in [5.74, 6) is 0.676. The van der Waals surface area contributed by atoms with Crippen molar-refractivity contribution < 1.29 is 28.6 Å². The number of para-hydroxylation sites is 1. The molecule has 2 aliphatic rings. The van der Waals surface area contributed by atoms with Crippen molar-refractivity contribution in [2.75, 3.05) is 33.7 Å². The third kappa shape index (κ3) is 4.33. The van der Waals surface area contributed by atoms with Gasteiger partial charge in [-0.15, -0.1) is 0 Å². The van der Waals surface area contributed by atoms with E-state index >= 15 is 0 Å². The summed E-state index contributed by atoms with van der Waals surface area (Å²) in [6, 6.07) is 7.59. The second-order valence-electron chi connectivity index (χ2n) is 8.25. The molecule has 1 aromatic carbocycles. The first-order valence-electron chi connectivity index (χ1n) is 10.0. The molecule has 1 aromatic heterocycles. The number of amides is 1. The molecule has 1 unspecified atom stereocenters. The summed E-state index contributed by atoms with van der Waals surface area (Å²) >= 11 is 0. The van der Waals surface area contributed by atoms with Gasteiger partial charge >= 0.3 is 5.97 Å². The van der Waals surface area contributed by atoms with Crippen LogP contribution in [0.5, 0.6) is 0 Å². The Bertz CT molecular complexity index is 927. The highest BCUT2D eigenvalue weighted by Crippen LogP contribution is 2.43. The minimum Gasteiger partial charge on any atom is -0.483 e. The van der Waals surface area contributed by atoms with Crippen molar-refractivity contribution in [2.24, 2.45) is 5.41 Å². The van der Waals surface area contributed by atoms with Crippen molar-refractivity contribution >= 4 is 29.3 Å². The van der Waals surface area contributed by atoms with Gasteiger partial charge in [0.15, 0.2) is 0 Å². The van der Waals surface area contributed by atoms with Crippen LogP contribution in [0.3, 0.4) is 0 Å². The number of fused-ring (bicyclic) bond motifs is 1. The second kappa shape index (κ2) is 8.87. The van der Waals surface area contributed by atoms with Crippen molar-refractivity contribution in [3.8, 4) is 0 Å². The molecule has 8 heteroatoms. The van der Waals surface area contributed by atoms with E-state index in [1.807, 2.05) is 55.1 Å². The van der Waals surface area contributed by atoms with Gasteiger partial charge in [0.1, 0.15) is 17.4 Å². The molecule has 1 atom stereocenters. The first-order valence-corrected chi connectivity index (χ1v) is 10.0. The molecule has 2 saturated heterocycles. The van der Waals surface area contributed by atoms with Gasteiger partial charge in [-0.2, -0.15) is 0 Å². The van der Waals surface area contributed by atoms with Crippen LogP contribution >= 0.6 is 0 Å². The van der Waals surface area contributed by atoms with Gasteiger partial charge in [-0.25, -0.2) is 0 Å². The van der Waals surface area contributed by atoms with E-state index in [-0.39, 0.29) is 24.5 Å². The predicted octanol–water partition coefficient (Wildman–Crippen LogP) is 2.54. The van der Waals surface area contributed by atoms with Crippen LogP contribution in [-0.2, 0) is 14.3 Å². The molecule has 0 aliphatic carbocycles. The highest BCUT2D eigenvalue weighted by molar-refractivity contribution is 6.05. The minimum absolute atomic E-state index is 0.0268. The number of likely N-dealkylation sites (N-methyl/N-ethyl adjacent to an activating group) is 1. The molecule has 1 amide bonds. The Morgan fingerprint density at radius 3 is 2.63 bits per heavy atom. The van der Waals surface area contributed by atoms with E-state index < -0.39 is 5.41 Å². The van der Waals surface area contributed by atoms with Crippen LogP contribution in [0.4, 0.5) is 0 Å². The molecule has 1 N–H and O–H groups in total. The maximum Gasteiger partial charge on any atom is 0.312 e. The Labute approximate surface area is 175 Å². The molecule has 1 spiro atoms. The van der Waals surface area contributed by atoms with Crippen LogP contribution in [-0.4, -0.2) is 73.1 Å². The summed E-state index contributed by atoms with van der Waals surface area (Å²) in [6.07, 6.45) is 2.03. The molecular formula is C22H28N2O6. The van der Waals surface area contributed by atoms with E-state index in [2.05, 4.69) is 0 Å². The molecule has 0 radical (unpaired) electrons. The number of carbonyl (C=O) groups is 3. The number of benzene rings is 1. The molecule has 8 nitrogen and oxygen atoms in total. The zero-order chi connectivity index (χ0) is 21.9. The Kier molecular flexibility index (Phi) is 6.45. The number of nitrogens with zero attached hydrogens (tertiary/aromatic N) is 2.